The number of hydrogen-bond donors (Lipinski definition) is 6. The molecule has 0 radical (unpaired) electrons. The number of para-hydroxylation sites is 1. The van der Waals surface area contributed by atoms with E-state index in [-0.39, 0.29) is 25.2 Å². The third-order valence-corrected chi connectivity index (χ3v) is 9.90. The van der Waals surface area contributed by atoms with Crippen LogP contribution in [0.15, 0.2) is 54.7 Å². The minimum Gasteiger partial charge on any atom is -0.496 e. The predicted molar refractivity (Wildman–Crippen MR) is 205 cm³/mol. The molecule has 296 valence electrons. The van der Waals surface area contributed by atoms with Crippen molar-refractivity contribution in [1.29, 1.82) is 0 Å². The predicted octanol–water partition coefficient (Wildman–Crippen LogP) is 2.64. The molecule has 1 aromatic heterocycles. The van der Waals surface area contributed by atoms with E-state index in [2.05, 4.69) is 31.6 Å². The third-order valence-electron chi connectivity index (χ3n) is 9.90. The summed E-state index contributed by atoms with van der Waals surface area (Å²) in [6, 6.07) is 9.83. The zero-order valence-corrected chi connectivity index (χ0v) is 32.0. The number of anilines is 1. The number of fused-ring (bicyclic) bond motifs is 3. The van der Waals surface area contributed by atoms with Crippen molar-refractivity contribution in [2.75, 3.05) is 26.1 Å². The summed E-state index contributed by atoms with van der Waals surface area (Å²) in [7, 11) is 2.73. The Morgan fingerprint density at radius 3 is 2.44 bits per heavy atom. The molecular formula is C40H52N6O9. The average Bonchev–Trinajstić information content (AvgIpc) is 3.18. The lowest BCUT2D eigenvalue weighted by atomic mass is 9.87. The fourth-order valence-corrected chi connectivity index (χ4v) is 6.56. The van der Waals surface area contributed by atoms with Gasteiger partial charge in [-0.25, -0.2) is 4.79 Å². The quantitative estimate of drug-likeness (QED) is 0.185. The second kappa shape index (κ2) is 20.2. The van der Waals surface area contributed by atoms with Crippen molar-refractivity contribution < 1.29 is 43.3 Å². The van der Waals surface area contributed by atoms with Crippen molar-refractivity contribution in [3.8, 4) is 5.75 Å². The first-order chi connectivity index (χ1) is 26.4. The minimum absolute atomic E-state index is 0.00452. The van der Waals surface area contributed by atoms with Crippen LogP contribution in [0.5, 0.6) is 5.75 Å². The maximum Gasteiger partial charge on any atom is 0.328 e. The van der Waals surface area contributed by atoms with Crippen molar-refractivity contribution in [2.24, 2.45) is 5.92 Å². The highest BCUT2D eigenvalue weighted by molar-refractivity contribution is 6.00. The second-order valence-electron chi connectivity index (χ2n) is 13.8. The lowest BCUT2D eigenvalue weighted by Gasteiger charge is -2.28. The summed E-state index contributed by atoms with van der Waals surface area (Å²) in [5.41, 5.74) is 2.55. The number of methoxy groups -OCH3 is 2. The zero-order valence-electron chi connectivity index (χ0n) is 32.0. The topological polar surface area (TPSA) is 214 Å². The molecular weight excluding hydrogens is 708 g/mol. The van der Waals surface area contributed by atoms with Gasteiger partial charge >= 0.3 is 5.97 Å². The van der Waals surface area contributed by atoms with Crippen LogP contribution in [-0.4, -0.2) is 90.6 Å². The Morgan fingerprint density at radius 1 is 0.964 bits per heavy atom. The summed E-state index contributed by atoms with van der Waals surface area (Å²) in [5, 5.41) is 24.3. The van der Waals surface area contributed by atoms with E-state index in [0.29, 0.717) is 53.8 Å². The highest BCUT2D eigenvalue weighted by Crippen LogP contribution is 2.35. The fraction of sp³-hybridized carbons (Fsp3) is 0.475. The van der Waals surface area contributed by atoms with E-state index in [4.69, 9.17) is 9.47 Å². The summed E-state index contributed by atoms with van der Waals surface area (Å²) in [6.45, 7) is 4.25. The van der Waals surface area contributed by atoms with Gasteiger partial charge in [-0.05, 0) is 60.9 Å². The molecule has 2 aromatic carbocycles. The van der Waals surface area contributed by atoms with Gasteiger partial charge in [0.15, 0.2) is 0 Å². The minimum atomic E-state index is -1.42. The van der Waals surface area contributed by atoms with Crippen LogP contribution in [0.3, 0.4) is 0 Å². The van der Waals surface area contributed by atoms with Gasteiger partial charge in [0.05, 0.1) is 32.0 Å². The van der Waals surface area contributed by atoms with Crippen LogP contribution in [0.2, 0.25) is 0 Å². The molecule has 0 aliphatic carbocycles. The van der Waals surface area contributed by atoms with Gasteiger partial charge in [-0.15, -0.1) is 0 Å². The molecule has 0 saturated carbocycles. The lowest BCUT2D eigenvalue weighted by molar-refractivity contribution is -0.145. The number of carbonyl (C=O) groups is 6. The molecule has 1 aliphatic heterocycles. The molecule has 4 rings (SSSR count). The van der Waals surface area contributed by atoms with E-state index in [1.165, 1.54) is 21.1 Å². The number of aromatic nitrogens is 1. The molecule has 6 atom stereocenters. The Balaban J connectivity index is 1.71. The maximum absolute atomic E-state index is 13.8. The van der Waals surface area contributed by atoms with Gasteiger partial charge in [-0.2, -0.15) is 0 Å². The van der Waals surface area contributed by atoms with E-state index >= 15 is 0 Å². The number of carbonyl (C=O) groups excluding carboxylic acids is 6. The molecule has 6 N–H and O–H groups in total. The number of aliphatic hydroxyl groups is 1. The van der Waals surface area contributed by atoms with E-state index in [9.17, 15) is 33.9 Å². The maximum atomic E-state index is 13.8. The van der Waals surface area contributed by atoms with Crippen LogP contribution in [0.4, 0.5) is 5.69 Å². The smallest absolute Gasteiger partial charge is 0.328 e. The molecule has 1 unspecified atom stereocenters. The van der Waals surface area contributed by atoms with E-state index in [1.54, 1.807) is 31.3 Å². The van der Waals surface area contributed by atoms with Gasteiger partial charge in [0.2, 0.25) is 29.5 Å². The molecule has 5 amide bonds. The zero-order chi connectivity index (χ0) is 40.1. The van der Waals surface area contributed by atoms with Crippen LogP contribution >= 0.6 is 0 Å². The molecule has 0 fully saturated rings. The third kappa shape index (κ3) is 11.5. The normalized spacial score (nSPS) is 22.5. The SMILES string of the molecule is CC[C@H](C)[C@@H]1NC(=O)[C@H](CO)NC(=O)[C@H](C)NC(=O)CCCCC(CC(=O)Nc2cccc3cccnc23)c2cc(ccc2OC)C[C@@H](C(=O)OC)NC1=O. The largest absolute Gasteiger partial charge is 0.496 e. The molecule has 15 nitrogen and oxygen atoms in total. The van der Waals surface area contributed by atoms with E-state index in [1.807, 2.05) is 37.3 Å². The van der Waals surface area contributed by atoms with Gasteiger partial charge in [-0.1, -0.05) is 57.0 Å². The number of benzene rings is 2. The summed E-state index contributed by atoms with van der Waals surface area (Å²) in [4.78, 5) is 84.2. The van der Waals surface area contributed by atoms with Crippen LogP contribution in [0.25, 0.3) is 10.9 Å². The number of hydrogen-bond acceptors (Lipinski definition) is 10. The summed E-state index contributed by atoms with van der Waals surface area (Å²) in [6.07, 6.45) is 3.70. The molecule has 0 saturated heterocycles. The van der Waals surface area contributed by atoms with Crippen molar-refractivity contribution in [3.63, 3.8) is 0 Å². The number of nitrogens with one attached hydrogen (secondary N) is 5. The highest BCUT2D eigenvalue weighted by Gasteiger charge is 2.33. The first-order valence-corrected chi connectivity index (χ1v) is 18.6. The van der Waals surface area contributed by atoms with Crippen LogP contribution in [0.1, 0.15) is 76.3 Å². The molecule has 0 spiro atoms. The molecule has 3 aromatic rings. The van der Waals surface area contributed by atoms with Crippen molar-refractivity contribution in [2.45, 2.75) is 95.8 Å². The molecule has 2 heterocycles. The van der Waals surface area contributed by atoms with Crippen molar-refractivity contribution in [3.05, 3.63) is 65.9 Å². The molecule has 55 heavy (non-hydrogen) atoms. The van der Waals surface area contributed by atoms with Gasteiger partial charge in [0.1, 0.15) is 29.9 Å². The monoisotopic (exact) mass is 760 g/mol. The summed E-state index contributed by atoms with van der Waals surface area (Å²) >= 11 is 0. The number of pyridine rings is 1. The standard InChI is InChI=1S/C40H52N6O9/c1-6-23(2)35-39(52)44-30(40(53)55-5)20-25-16-17-32(54-4)28(19-25)27(21-34(49)43-29-14-9-12-26-13-10-18-41-36(26)29)11-7-8-15-33(48)42-24(3)37(50)45-31(22-47)38(51)46-35/h9-10,12-14,16-19,23-24,27,30-31,35,47H,6-8,11,15,20-22H2,1-5H3,(H,42,48)(H,43,49)(H,44,52)(H,45,50)(H,46,51)/t23-,24-,27?,30-,31-,35-/m0/s1. The number of ether oxygens (including phenoxy) is 2. The fourth-order valence-electron chi connectivity index (χ4n) is 6.56. The first kappa shape index (κ1) is 42.2. The van der Waals surface area contributed by atoms with Gasteiger partial charge in [0.25, 0.3) is 0 Å². The number of esters is 1. The Hall–Kier alpha value is -5.57. The van der Waals surface area contributed by atoms with Crippen LogP contribution in [-0.2, 0) is 39.9 Å². The number of aliphatic hydroxyl groups excluding tert-OH is 1. The number of nitrogens with zero attached hydrogens (tertiary/aromatic N) is 1. The van der Waals surface area contributed by atoms with E-state index in [0.717, 1.165) is 5.39 Å². The van der Waals surface area contributed by atoms with E-state index < -0.39 is 72.2 Å². The summed E-state index contributed by atoms with van der Waals surface area (Å²) < 4.78 is 10.8. The Kier molecular flexibility index (Phi) is 15.5. The number of rotatable bonds is 8. The Bertz CT molecular complexity index is 1850. The second-order valence-corrected chi connectivity index (χ2v) is 13.8. The molecule has 15 heteroatoms. The first-order valence-electron chi connectivity index (χ1n) is 18.6. The van der Waals surface area contributed by atoms with Crippen LogP contribution in [0, 0.1) is 5.92 Å². The molecule has 2 bridgehead atoms. The average molecular weight is 761 g/mol. The summed E-state index contributed by atoms with van der Waals surface area (Å²) in [5.74, 6) is -3.86. The molecule has 1 aliphatic rings. The van der Waals surface area contributed by atoms with Gasteiger partial charge in [0, 0.05) is 30.8 Å². The highest BCUT2D eigenvalue weighted by atomic mass is 16.5. The Morgan fingerprint density at radius 2 is 1.73 bits per heavy atom. The van der Waals surface area contributed by atoms with Gasteiger partial charge in [-0.3, -0.25) is 29.0 Å². The van der Waals surface area contributed by atoms with Crippen molar-refractivity contribution >= 4 is 52.1 Å². The lowest BCUT2D eigenvalue weighted by Crippen LogP contribution is -2.59. The van der Waals surface area contributed by atoms with Crippen LogP contribution < -0.4 is 31.3 Å². The van der Waals surface area contributed by atoms with Crippen molar-refractivity contribution in [1.82, 2.24) is 26.3 Å². The number of amides is 5. The van der Waals surface area contributed by atoms with Gasteiger partial charge < -0.3 is 41.2 Å². The Labute approximate surface area is 320 Å².